The summed E-state index contributed by atoms with van der Waals surface area (Å²) in [6.07, 6.45) is 1.63. The molecule has 29 heavy (non-hydrogen) atoms. The molecule has 6 heteroatoms. The van der Waals surface area contributed by atoms with E-state index in [2.05, 4.69) is 4.98 Å². The van der Waals surface area contributed by atoms with E-state index in [-0.39, 0.29) is 5.91 Å². The number of nitrogens with zero attached hydrogens (tertiary/aromatic N) is 2. The molecule has 0 bridgehead atoms. The Bertz CT molecular complexity index is 1060. The molecule has 0 saturated heterocycles. The van der Waals surface area contributed by atoms with Gasteiger partial charge in [-0.05, 0) is 61.7 Å². The Labute approximate surface area is 186 Å². The number of aryl methyl sites for hydroxylation is 1. The van der Waals surface area contributed by atoms with Gasteiger partial charge in [-0.3, -0.25) is 4.79 Å². The molecular weight excluding hydrogens is 427 g/mol. The van der Waals surface area contributed by atoms with Crippen LogP contribution in [0.1, 0.15) is 25.0 Å². The van der Waals surface area contributed by atoms with Gasteiger partial charge in [0.25, 0.3) is 0 Å². The van der Waals surface area contributed by atoms with Crippen molar-refractivity contribution in [2.75, 3.05) is 11.9 Å². The first kappa shape index (κ1) is 21.6. The van der Waals surface area contributed by atoms with Crippen LogP contribution in [0.4, 0.5) is 5.69 Å². The van der Waals surface area contributed by atoms with E-state index in [0.717, 1.165) is 22.3 Å². The van der Waals surface area contributed by atoms with Crippen molar-refractivity contribution in [1.82, 2.24) is 4.98 Å². The number of carbonyl (C=O) groups is 1. The van der Waals surface area contributed by atoms with E-state index in [1.807, 2.05) is 45.0 Å². The van der Waals surface area contributed by atoms with Gasteiger partial charge < -0.3 is 4.90 Å². The number of hydrogen-bond donors (Lipinski definition) is 0. The third-order valence-corrected chi connectivity index (χ3v) is 5.71. The highest BCUT2D eigenvalue weighted by Gasteiger charge is 2.34. The minimum atomic E-state index is -0.855. The number of aromatic nitrogens is 1. The highest BCUT2D eigenvalue weighted by atomic mass is 35.5. The average molecular weight is 448 g/mol. The summed E-state index contributed by atoms with van der Waals surface area (Å²) < 4.78 is 0. The highest BCUT2D eigenvalue weighted by molar-refractivity contribution is 6.34. The van der Waals surface area contributed by atoms with Crippen molar-refractivity contribution in [2.24, 2.45) is 0 Å². The van der Waals surface area contributed by atoms with Crippen LogP contribution in [0, 0.1) is 6.92 Å². The van der Waals surface area contributed by atoms with Crippen LogP contribution in [0.2, 0.25) is 15.2 Å². The Morgan fingerprint density at radius 1 is 0.966 bits per heavy atom. The molecule has 1 heterocycles. The predicted octanol–water partition coefficient (Wildman–Crippen LogP) is 6.96. The van der Waals surface area contributed by atoms with Crippen LogP contribution in [0.5, 0.6) is 0 Å². The van der Waals surface area contributed by atoms with Crippen molar-refractivity contribution in [1.29, 1.82) is 0 Å². The topological polar surface area (TPSA) is 33.2 Å². The van der Waals surface area contributed by atoms with Gasteiger partial charge in [-0.2, -0.15) is 0 Å². The second-order valence-corrected chi connectivity index (χ2v) is 8.75. The molecule has 0 saturated carbocycles. The number of hydrogen-bond acceptors (Lipinski definition) is 2. The standard InChI is InChI=1S/C23H21Cl3N2O/c1-14-7-5-6-8-18(14)19-12-21(26)27-13-20(19)28(4)22(29)23(2,3)15-9-16(24)11-17(25)10-15/h5-13H,1-4H3. The summed E-state index contributed by atoms with van der Waals surface area (Å²) in [6.45, 7) is 5.72. The maximum Gasteiger partial charge on any atom is 0.236 e. The Morgan fingerprint density at radius 2 is 1.59 bits per heavy atom. The lowest BCUT2D eigenvalue weighted by molar-refractivity contribution is -0.122. The van der Waals surface area contributed by atoms with Gasteiger partial charge in [0.05, 0.1) is 17.3 Å². The lowest BCUT2D eigenvalue weighted by atomic mass is 9.83. The number of rotatable bonds is 4. The maximum atomic E-state index is 13.5. The first-order valence-corrected chi connectivity index (χ1v) is 10.2. The second-order valence-electron chi connectivity index (χ2n) is 7.49. The minimum Gasteiger partial charge on any atom is -0.313 e. The molecule has 0 atom stereocenters. The molecule has 3 nitrogen and oxygen atoms in total. The molecule has 0 aliphatic rings. The van der Waals surface area contributed by atoms with Gasteiger partial charge in [0.1, 0.15) is 5.15 Å². The monoisotopic (exact) mass is 446 g/mol. The number of halogens is 3. The SMILES string of the molecule is Cc1ccccc1-c1cc(Cl)ncc1N(C)C(=O)C(C)(C)c1cc(Cl)cc(Cl)c1. The number of amides is 1. The molecule has 0 unspecified atom stereocenters. The summed E-state index contributed by atoms with van der Waals surface area (Å²) in [5.41, 5.74) is 3.49. The predicted molar refractivity (Wildman–Crippen MR) is 122 cm³/mol. The van der Waals surface area contributed by atoms with Crippen LogP contribution >= 0.6 is 34.8 Å². The molecule has 2 aromatic carbocycles. The van der Waals surface area contributed by atoms with Gasteiger partial charge in [-0.15, -0.1) is 0 Å². The molecule has 3 rings (SSSR count). The molecule has 1 amide bonds. The number of pyridine rings is 1. The van der Waals surface area contributed by atoms with Gasteiger partial charge in [0.15, 0.2) is 0 Å². The highest BCUT2D eigenvalue weighted by Crippen LogP contribution is 2.37. The second kappa shape index (κ2) is 8.35. The smallest absolute Gasteiger partial charge is 0.236 e. The lowest BCUT2D eigenvalue weighted by Gasteiger charge is -2.31. The summed E-state index contributed by atoms with van der Waals surface area (Å²) in [6, 6.07) is 14.9. The molecule has 0 aliphatic carbocycles. The van der Waals surface area contributed by atoms with Crippen LogP contribution in [0.25, 0.3) is 11.1 Å². The van der Waals surface area contributed by atoms with E-state index in [1.165, 1.54) is 0 Å². The third kappa shape index (κ3) is 4.42. The fourth-order valence-electron chi connectivity index (χ4n) is 3.35. The van der Waals surface area contributed by atoms with Crippen LogP contribution in [-0.2, 0) is 10.2 Å². The van der Waals surface area contributed by atoms with Crippen molar-refractivity contribution < 1.29 is 4.79 Å². The quantitative estimate of drug-likeness (QED) is 0.405. The molecule has 150 valence electrons. The molecule has 0 N–H and O–H groups in total. The van der Waals surface area contributed by atoms with Crippen LogP contribution in [0.15, 0.2) is 54.7 Å². The van der Waals surface area contributed by atoms with Gasteiger partial charge in [0.2, 0.25) is 5.91 Å². The van der Waals surface area contributed by atoms with E-state index in [9.17, 15) is 4.79 Å². The molecule has 1 aromatic heterocycles. The maximum absolute atomic E-state index is 13.5. The Hall–Kier alpha value is -2.07. The molecule has 0 spiro atoms. The van der Waals surface area contributed by atoms with Crippen molar-refractivity contribution in [3.05, 3.63) is 81.1 Å². The van der Waals surface area contributed by atoms with E-state index in [1.54, 1.807) is 42.4 Å². The summed E-state index contributed by atoms with van der Waals surface area (Å²) >= 11 is 18.5. The van der Waals surface area contributed by atoms with Crippen molar-refractivity contribution >= 4 is 46.4 Å². The zero-order valence-corrected chi connectivity index (χ0v) is 18.9. The van der Waals surface area contributed by atoms with Gasteiger partial charge in [0, 0.05) is 22.7 Å². The summed E-state index contributed by atoms with van der Waals surface area (Å²) in [4.78, 5) is 19.3. The van der Waals surface area contributed by atoms with E-state index >= 15 is 0 Å². The Morgan fingerprint density at radius 3 is 2.21 bits per heavy atom. The number of carbonyl (C=O) groups excluding carboxylic acids is 1. The number of anilines is 1. The van der Waals surface area contributed by atoms with Crippen molar-refractivity contribution in [3.63, 3.8) is 0 Å². The van der Waals surface area contributed by atoms with E-state index in [4.69, 9.17) is 34.8 Å². The molecular formula is C23H21Cl3N2O. The molecule has 0 fully saturated rings. The van der Waals surface area contributed by atoms with Crippen molar-refractivity contribution in [2.45, 2.75) is 26.2 Å². The normalized spacial score (nSPS) is 11.4. The lowest BCUT2D eigenvalue weighted by Crippen LogP contribution is -2.41. The van der Waals surface area contributed by atoms with Gasteiger partial charge in [-0.1, -0.05) is 59.1 Å². The fourth-order valence-corrected chi connectivity index (χ4v) is 4.03. The number of likely N-dealkylation sites (N-methyl/N-ethyl adjacent to an activating group) is 1. The minimum absolute atomic E-state index is 0.116. The third-order valence-electron chi connectivity index (χ3n) is 5.07. The van der Waals surface area contributed by atoms with Crippen LogP contribution in [-0.4, -0.2) is 17.9 Å². The first-order chi connectivity index (χ1) is 13.6. The van der Waals surface area contributed by atoms with Gasteiger partial charge in [-0.25, -0.2) is 4.98 Å². The zero-order valence-electron chi connectivity index (χ0n) is 16.6. The van der Waals surface area contributed by atoms with Crippen LogP contribution < -0.4 is 4.90 Å². The average Bonchev–Trinajstić information content (AvgIpc) is 2.66. The van der Waals surface area contributed by atoms with E-state index in [0.29, 0.717) is 20.9 Å². The number of benzene rings is 2. The molecule has 3 aromatic rings. The first-order valence-electron chi connectivity index (χ1n) is 9.07. The summed E-state index contributed by atoms with van der Waals surface area (Å²) in [7, 11) is 1.74. The van der Waals surface area contributed by atoms with E-state index < -0.39 is 5.41 Å². The summed E-state index contributed by atoms with van der Waals surface area (Å²) in [5.74, 6) is -0.116. The molecule has 0 radical (unpaired) electrons. The largest absolute Gasteiger partial charge is 0.313 e. The van der Waals surface area contributed by atoms with Crippen LogP contribution in [0.3, 0.4) is 0 Å². The zero-order chi connectivity index (χ0) is 21.3. The summed E-state index contributed by atoms with van der Waals surface area (Å²) in [5, 5.41) is 1.35. The Kier molecular flexibility index (Phi) is 6.23. The molecule has 0 aliphatic heterocycles. The van der Waals surface area contributed by atoms with Gasteiger partial charge >= 0.3 is 0 Å². The Balaban J connectivity index is 2.07. The van der Waals surface area contributed by atoms with Crippen molar-refractivity contribution in [3.8, 4) is 11.1 Å². The fraction of sp³-hybridized carbons (Fsp3) is 0.217.